The van der Waals surface area contributed by atoms with Crippen molar-refractivity contribution >= 4 is 23.4 Å². The Kier molecular flexibility index (Phi) is 3.33. The van der Waals surface area contributed by atoms with Crippen molar-refractivity contribution in [3.8, 4) is 0 Å². The summed E-state index contributed by atoms with van der Waals surface area (Å²) in [7, 11) is 0. The van der Waals surface area contributed by atoms with Gasteiger partial charge in [-0.3, -0.25) is 0 Å². The number of nitrogens with one attached hydrogen (secondary N) is 1. The molecular weight excluding hydrogens is 210 g/mol. The Hall–Kier alpha value is -1.38. The molecule has 1 unspecified atom stereocenters. The zero-order valence-corrected chi connectivity index (χ0v) is 8.92. The van der Waals surface area contributed by atoms with E-state index in [9.17, 15) is 4.79 Å². The molecule has 0 fully saturated rings. The lowest BCUT2D eigenvalue weighted by Gasteiger charge is -2.11. The average Bonchev–Trinajstić information content (AvgIpc) is 2.47. The fraction of sp³-hybridized carbons (Fsp3) is 0.273. The monoisotopic (exact) mass is 221 g/mol. The van der Waals surface area contributed by atoms with Gasteiger partial charge in [-0.25, -0.2) is 4.79 Å². The van der Waals surface area contributed by atoms with Crippen LogP contribution in [0.5, 0.6) is 0 Å². The lowest BCUT2D eigenvalue weighted by Crippen LogP contribution is -2.08. The maximum Gasteiger partial charge on any atom is 0.168 e. The average molecular weight is 221 g/mol. The topological polar surface area (TPSA) is 38.3 Å². The van der Waals surface area contributed by atoms with E-state index < -0.39 is 0 Å². The van der Waals surface area contributed by atoms with Crippen LogP contribution < -0.4 is 5.32 Å². The third-order valence-electron chi connectivity index (χ3n) is 2.11. The Balaban J connectivity index is 2.13. The van der Waals surface area contributed by atoms with Crippen LogP contribution in [0.4, 0.5) is 5.69 Å². The second kappa shape index (κ2) is 4.91. The lowest BCUT2D eigenvalue weighted by atomic mass is 10.3. The normalized spacial score (nSPS) is 19.1. The van der Waals surface area contributed by atoms with E-state index in [4.69, 9.17) is 4.74 Å². The standard InChI is InChI=1S/C11H11NO2S/c13-7-8-14-11-5-6-12-9-3-1-2-4-10(9)15-11/h1-4,8,11-12H,5-6H2. The Morgan fingerprint density at radius 3 is 3.27 bits per heavy atom. The van der Waals surface area contributed by atoms with E-state index in [1.54, 1.807) is 17.7 Å². The molecule has 0 saturated heterocycles. The fourth-order valence-corrected chi connectivity index (χ4v) is 2.49. The number of benzene rings is 1. The van der Waals surface area contributed by atoms with Gasteiger partial charge in [-0.1, -0.05) is 23.9 Å². The largest absolute Gasteiger partial charge is 0.475 e. The molecule has 0 aromatic heterocycles. The van der Waals surface area contributed by atoms with Crippen LogP contribution in [0, 0.1) is 0 Å². The van der Waals surface area contributed by atoms with Crippen LogP contribution >= 0.6 is 11.8 Å². The molecule has 1 aliphatic heterocycles. The zero-order valence-electron chi connectivity index (χ0n) is 8.10. The van der Waals surface area contributed by atoms with Crippen molar-refractivity contribution in [2.75, 3.05) is 11.9 Å². The summed E-state index contributed by atoms with van der Waals surface area (Å²) in [5, 5.41) is 3.32. The number of thioether (sulfide) groups is 1. The quantitative estimate of drug-likeness (QED) is 0.614. The number of hydrogen-bond acceptors (Lipinski definition) is 4. The summed E-state index contributed by atoms with van der Waals surface area (Å²) >= 11 is 1.62. The highest BCUT2D eigenvalue weighted by molar-refractivity contribution is 8.00. The van der Waals surface area contributed by atoms with Crippen molar-refractivity contribution in [1.29, 1.82) is 0 Å². The van der Waals surface area contributed by atoms with Crippen molar-refractivity contribution < 1.29 is 9.53 Å². The van der Waals surface area contributed by atoms with Gasteiger partial charge in [-0.05, 0) is 12.1 Å². The Labute approximate surface area is 92.5 Å². The predicted octanol–water partition coefficient (Wildman–Crippen LogP) is 2.28. The summed E-state index contributed by atoms with van der Waals surface area (Å²) < 4.78 is 5.24. The van der Waals surface area contributed by atoms with E-state index in [1.807, 2.05) is 24.3 Å². The minimum Gasteiger partial charge on any atom is -0.475 e. The first kappa shape index (κ1) is 10.1. The number of para-hydroxylation sites is 1. The molecule has 15 heavy (non-hydrogen) atoms. The molecule has 1 heterocycles. The van der Waals surface area contributed by atoms with E-state index in [1.165, 1.54) is 0 Å². The maximum absolute atomic E-state index is 10.0. The van der Waals surface area contributed by atoms with Crippen LogP contribution in [-0.2, 0) is 9.53 Å². The summed E-state index contributed by atoms with van der Waals surface area (Å²) in [4.78, 5) is 11.2. The molecule has 0 aliphatic carbocycles. The van der Waals surface area contributed by atoms with Gasteiger partial charge in [0.15, 0.2) is 17.6 Å². The highest BCUT2D eigenvalue weighted by Gasteiger charge is 2.16. The Bertz CT molecular complexity index is 388. The first-order chi connectivity index (χ1) is 7.40. The molecule has 78 valence electrons. The highest BCUT2D eigenvalue weighted by Crippen LogP contribution is 2.34. The maximum atomic E-state index is 10.0. The van der Waals surface area contributed by atoms with Crippen molar-refractivity contribution in [3.63, 3.8) is 0 Å². The molecule has 0 bridgehead atoms. The van der Waals surface area contributed by atoms with Gasteiger partial charge >= 0.3 is 0 Å². The molecule has 2 rings (SSSR count). The predicted molar refractivity (Wildman–Crippen MR) is 60.5 cm³/mol. The first-order valence-electron chi connectivity index (χ1n) is 4.74. The van der Waals surface area contributed by atoms with Crippen LogP contribution in [0.25, 0.3) is 0 Å². The smallest absolute Gasteiger partial charge is 0.168 e. The van der Waals surface area contributed by atoms with E-state index in [0.29, 0.717) is 0 Å². The van der Waals surface area contributed by atoms with Crippen molar-refractivity contribution in [3.05, 3.63) is 30.5 Å². The summed E-state index contributed by atoms with van der Waals surface area (Å²) in [5.41, 5.74) is 1.12. The van der Waals surface area contributed by atoms with E-state index in [0.717, 1.165) is 29.8 Å². The summed E-state index contributed by atoms with van der Waals surface area (Å²) in [6, 6.07) is 8.07. The number of anilines is 1. The van der Waals surface area contributed by atoms with Gasteiger partial charge < -0.3 is 10.1 Å². The molecule has 1 aliphatic rings. The fourth-order valence-electron chi connectivity index (χ4n) is 1.44. The second-order valence-corrected chi connectivity index (χ2v) is 4.33. The Morgan fingerprint density at radius 2 is 2.40 bits per heavy atom. The van der Waals surface area contributed by atoms with Crippen molar-refractivity contribution in [1.82, 2.24) is 0 Å². The number of fused-ring (bicyclic) bond motifs is 1. The van der Waals surface area contributed by atoms with Gasteiger partial charge in [-0.2, -0.15) is 0 Å². The highest BCUT2D eigenvalue weighted by atomic mass is 32.2. The lowest BCUT2D eigenvalue weighted by molar-refractivity contribution is 0.219. The van der Waals surface area contributed by atoms with E-state index in [-0.39, 0.29) is 5.44 Å². The van der Waals surface area contributed by atoms with E-state index >= 15 is 0 Å². The van der Waals surface area contributed by atoms with Gasteiger partial charge in [0.05, 0.1) is 0 Å². The van der Waals surface area contributed by atoms with Crippen LogP contribution in [0.1, 0.15) is 6.42 Å². The number of carbonyl (C=O) groups excluding carboxylic acids is 1. The van der Waals surface area contributed by atoms with Crippen LogP contribution in [0.3, 0.4) is 0 Å². The van der Waals surface area contributed by atoms with Gasteiger partial charge in [0.2, 0.25) is 0 Å². The number of hydrogen-bond donors (Lipinski definition) is 1. The van der Waals surface area contributed by atoms with Crippen molar-refractivity contribution in [2.45, 2.75) is 16.8 Å². The molecule has 0 spiro atoms. The molecule has 0 saturated carbocycles. The third-order valence-corrected chi connectivity index (χ3v) is 3.33. The summed E-state index contributed by atoms with van der Waals surface area (Å²) in [5.74, 6) is 1.63. The summed E-state index contributed by atoms with van der Waals surface area (Å²) in [6.07, 6.45) is 1.95. The molecule has 1 aromatic carbocycles. The molecule has 1 atom stereocenters. The molecule has 4 heteroatoms. The molecule has 1 aromatic rings. The van der Waals surface area contributed by atoms with Crippen molar-refractivity contribution in [2.24, 2.45) is 0 Å². The molecular formula is C11H11NO2S. The van der Waals surface area contributed by atoms with Gasteiger partial charge in [0.1, 0.15) is 0 Å². The van der Waals surface area contributed by atoms with Gasteiger partial charge in [-0.15, -0.1) is 0 Å². The molecule has 0 amide bonds. The molecule has 1 N–H and O–H groups in total. The van der Waals surface area contributed by atoms with Gasteiger partial charge in [0.25, 0.3) is 0 Å². The minimum absolute atomic E-state index is 0.0115. The van der Waals surface area contributed by atoms with Crippen LogP contribution in [0.15, 0.2) is 35.4 Å². The Morgan fingerprint density at radius 1 is 1.53 bits per heavy atom. The number of rotatable bonds is 2. The van der Waals surface area contributed by atoms with Crippen LogP contribution in [-0.4, -0.2) is 17.9 Å². The third kappa shape index (κ3) is 2.55. The zero-order chi connectivity index (χ0) is 10.5. The number of ether oxygens (including phenoxy) is 1. The van der Waals surface area contributed by atoms with Crippen LogP contribution in [0.2, 0.25) is 0 Å². The molecule has 0 radical (unpaired) electrons. The summed E-state index contributed by atoms with van der Waals surface area (Å²) in [6.45, 7) is 0.849. The first-order valence-corrected chi connectivity index (χ1v) is 5.62. The molecule has 3 nitrogen and oxygen atoms in total. The minimum atomic E-state index is -0.0115. The SMILES string of the molecule is O=C=COC1CCNc2ccccc2S1. The van der Waals surface area contributed by atoms with E-state index in [2.05, 4.69) is 5.32 Å². The van der Waals surface area contributed by atoms with Gasteiger partial charge in [0, 0.05) is 23.5 Å². The second-order valence-electron chi connectivity index (χ2n) is 3.13.